The van der Waals surface area contributed by atoms with E-state index < -0.39 is 11.9 Å². The summed E-state index contributed by atoms with van der Waals surface area (Å²) in [7, 11) is 0. The van der Waals surface area contributed by atoms with E-state index in [0.29, 0.717) is 23.0 Å². The van der Waals surface area contributed by atoms with Crippen molar-refractivity contribution in [1.29, 1.82) is 0 Å². The Morgan fingerprint density at radius 2 is 0.971 bits per heavy atom. The van der Waals surface area contributed by atoms with Crippen LogP contribution < -0.4 is 9.47 Å². The molecule has 0 heterocycles. The summed E-state index contributed by atoms with van der Waals surface area (Å²) >= 11 is 0. The summed E-state index contributed by atoms with van der Waals surface area (Å²) in [6, 6.07) is 24.6. The van der Waals surface area contributed by atoms with Crippen molar-refractivity contribution < 1.29 is 29.3 Å². The van der Waals surface area contributed by atoms with Crippen molar-refractivity contribution in [2.45, 2.75) is 20.3 Å². The van der Waals surface area contributed by atoms with E-state index >= 15 is 0 Å². The molecule has 6 nitrogen and oxygen atoms in total. The summed E-state index contributed by atoms with van der Waals surface area (Å²) in [5.41, 5.74) is 4.65. The Hall–Kier alpha value is -4.58. The van der Waals surface area contributed by atoms with Gasteiger partial charge in [0.1, 0.15) is 23.0 Å². The fourth-order valence-corrected chi connectivity index (χ4v) is 3.69. The van der Waals surface area contributed by atoms with Crippen molar-refractivity contribution in [3.63, 3.8) is 0 Å². The molecule has 0 aliphatic rings. The first-order valence-corrected chi connectivity index (χ1v) is 11.0. The molecule has 4 aromatic carbocycles. The normalized spacial score (nSPS) is 10.6. The van der Waals surface area contributed by atoms with Gasteiger partial charge in [0.25, 0.3) is 0 Å². The van der Waals surface area contributed by atoms with Gasteiger partial charge >= 0.3 is 11.9 Å². The van der Waals surface area contributed by atoms with E-state index in [-0.39, 0.29) is 11.1 Å². The molecular formula is C29H24O6. The number of hydrogen-bond donors (Lipinski definition) is 2. The highest BCUT2D eigenvalue weighted by Crippen LogP contribution is 2.29. The molecule has 0 bridgehead atoms. The molecule has 6 heteroatoms. The summed E-state index contributed by atoms with van der Waals surface area (Å²) in [5, 5.41) is 18.0. The third-order valence-electron chi connectivity index (χ3n) is 5.55. The van der Waals surface area contributed by atoms with Crippen molar-refractivity contribution in [2.24, 2.45) is 0 Å². The van der Waals surface area contributed by atoms with Gasteiger partial charge in [0, 0.05) is 0 Å². The number of rotatable bonds is 8. The van der Waals surface area contributed by atoms with Gasteiger partial charge in [-0.15, -0.1) is 0 Å². The van der Waals surface area contributed by atoms with Crippen LogP contribution in [0.3, 0.4) is 0 Å². The second kappa shape index (κ2) is 10.1. The van der Waals surface area contributed by atoms with Crippen LogP contribution >= 0.6 is 0 Å². The molecule has 0 aliphatic heterocycles. The van der Waals surface area contributed by atoms with Gasteiger partial charge < -0.3 is 19.7 Å². The molecule has 0 amide bonds. The zero-order valence-corrected chi connectivity index (χ0v) is 19.3. The van der Waals surface area contributed by atoms with Crippen LogP contribution in [0.1, 0.15) is 43.0 Å². The lowest BCUT2D eigenvalue weighted by atomic mass is 10.0. The van der Waals surface area contributed by atoms with Gasteiger partial charge in [0.2, 0.25) is 0 Å². The van der Waals surface area contributed by atoms with E-state index in [1.54, 1.807) is 24.3 Å². The van der Waals surface area contributed by atoms with Gasteiger partial charge in [-0.1, -0.05) is 24.3 Å². The Morgan fingerprint density at radius 3 is 1.29 bits per heavy atom. The molecule has 0 fully saturated rings. The molecule has 35 heavy (non-hydrogen) atoms. The minimum Gasteiger partial charge on any atom is -0.478 e. The predicted molar refractivity (Wildman–Crippen MR) is 132 cm³/mol. The van der Waals surface area contributed by atoms with Crippen molar-refractivity contribution in [3.8, 4) is 23.0 Å². The zero-order chi connectivity index (χ0) is 24.9. The molecule has 0 spiro atoms. The maximum atomic E-state index is 11.0. The molecule has 0 radical (unpaired) electrons. The van der Waals surface area contributed by atoms with Crippen LogP contribution in [0, 0.1) is 13.8 Å². The van der Waals surface area contributed by atoms with Crippen LogP contribution in [-0.4, -0.2) is 22.2 Å². The van der Waals surface area contributed by atoms with Gasteiger partial charge in [-0.05, 0) is 103 Å². The van der Waals surface area contributed by atoms with E-state index in [9.17, 15) is 9.59 Å². The van der Waals surface area contributed by atoms with Crippen molar-refractivity contribution >= 4 is 11.9 Å². The minimum atomic E-state index is -0.971. The number of carboxylic acids is 2. The molecule has 0 aliphatic carbocycles. The standard InChI is InChI=1S/C29H24O6/c1-18-15-20(3-13-26(18)34-24-9-5-22(6-10-24)28(30)31)17-21-4-14-27(19(2)16-21)35-25-11-7-23(8-12-25)29(32)33/h3-16H,17H2,1-2H3,(H,30,31)(H,32,33). The van der Waals surface area contributed by atoms with E-state index in [0.717, 1.165) is 28.7 Å². The number of benzene rings is 4. The monoisotopic (exact) mass is 468 g/mol. The quantitative estimate of drug-likeness (QED) is 0.293. The third-order valence-corrected chi connectivity index (χ3v) is 5.55. The van der Waals surface area contributed by atoms with E-state index in [2.05, 4.69) is 12.1 Å². The smallest absolute Gasteiger partial charge is 0.335 e. The first kappa shape index (κ1) is 23.6. The van der Waals surface area contributed by atoms with Crippen molar-refractivity contribution in [3.05, 3.63) is 118 Å². The van der Waals surface area contributed by atoms with Crippen molar-refractivity contribution in [1.82, 2.24) is 0 Å². The van der Waals surface area contributed by atoms with Gasteiger partial charge in [0.05, 0.1) is 11.1 Å². The summed E-state index contributed by atoms with van der Waals surface area (Å²) in [5.74, 6) is 0.642. The van der Waals surface area contributed by atoms with Crippen LogP contribution in [0.4, 0.5) is 0 Å². The van der Waals surface area contributed by atoms with Gasteiger partial charge in [-0.25, -0.2) is 9.59 Å². The molecule has 0 saturated heterocycles. The second-order valence-electron chi connectivity index (χ2n) is 8.24. The summed E-state index contributed by atoms with van der Waals surface area (Å²) in [6.45, 7) is 3.95. The Balaban J connectivity index is 1.42. The lowest BCUT2D eigenvalue weighted by Gasteiger charge is -2.13. The van der Waals surface area contributed by atoms with Crippen LogP contribution in [0.2, 0.25) is 0 Å². The largest absolute Gasteiger partial charge is 0.478 e. The SMILES string of the molecule is Cc1cc(Cc2ccc(Oc3ccc(C(=O)O)cc3)c(C)c2)ccc1Oc1ccc(C(=O)O)cc1. The molecule has 2 N–H and O–H groups in total. The molecule has 0 saturated carbocycles. The second-order valence-corrected chi connectivity index (χ2v) is 8.24. The van der Waals surface area contributed by atoms with E-state index in [1.807, 2.05) is 38.1 Å². The maximum Gasteiger partial charge on any atom is 0.335 e. The molecule has 0 unspecified atom stereocenters. The van der Waals surface area contributed by atoms with Crippen LogP contribution in [0.15, 0.2) is 84.9 Å². The van der Waals surface area contributed by atoms with Crippen LogP contribution in [0.5, 0.6) is 23.0 Å². The average molecular weight is 469 g/mol. The van der Waals surface area contributed by atoms with E-state index in [4.69, 9.17) is 19.7 Å². The zero-order valence-electron chi connectivity index (χ0n) is 19.3. The van der Waals surface area contributed by atoms with Crippen molar-refractivity contribution in [2.75, 3.05) is 0 Å². The first-order chi connectivity index (χ1) is 16.8. The lowest BCUT2D eigenvalue weighted by Crippen LogP contribution is -1.96. The number of ether oxygens (including phenoxy) is 2. The van der Waals surface area contributed by atoms with Gasteiger partial charge in [-0.3, -0.25) is 0 Å². The molecule has 0 atom stereocenters. The van der Waals surface area contributed by atoms with Crippen LogP contribution in [-0.2, 0) is 6.42 Å². The number of hydrogen-bond acceptors (Lipinski definition) is 4. The number of carbonyl (C=O) groups is 2. The topological polar surface area (TPSA) is 93.1 Å². The van der Waals surface area contributed by atoms with E-state index in [1.165, 1.54) is 24.3 Å². The molecule has 4 rings (SSSR count). The lowest BCUT2D eigenvalue weighted by molar-refractivity contribution is 0.0686. The summed E-state index contributed by atoms with van der Waals surface area (Å²) in [4.78, 5) is 22.0. The summed E-state index contributed by atoms with van der Waals surface area (Å²) < 4.78 is 11.8. The van der Waals surface area contributed by atoms with Gasteiger partial charge in [0.15, 0.2) is 0 Å². The first-order valence-electron chi connectivity index (χ1n) is 11.0. The molecule has 4 aromatic rings. The molecular weight excluding hydrogens is 444 g/mol. The highest BCUT2D eigenvalue weighted by atomic mass is 16.5. The Morgan fingerprint density at radius 1 is 0.600 bits per heavy atom. The predicted octanol–water partition coefficient (Wildman–Crippen LogP) is 6.88. The summed E-state index contributed by atoms with van der Waals surface area (Å²) in [6.07, 6.45) is 0.739. The number of aryl methyl sites for hydroxylation is 2. The Kier molecular flexibility index (Phi) is 6.83. The third kappa shape index (κ3) is 5.86. The molecule has 0 aromatic heterocycles. The van der Waals surface area contributed by atoms with Gasteiger partial charge in [-0.2, -0.15) is 0 Å². The average Bonchev–Trinajstić information content (AvgIpc) is 2.83. The highest BCUT2D eigenvalue weighted by Gasteiger charge is 2.09. The highest BCUT2D eigenvalue weighted by molar-refractivity contribution is 5.88. The number of aromatic carboxylic acids is 2. The molecule has 176 valence electrons. The maximum absolute atomic E-state index is 11.0. The van der Waals surface area contributed by atoms with Crippen LogP contribution in [0.25, 0.3) is 0 Å². The number of carboxylic acid groups (broad SMARTS) is 2. The minimum absolute atomic E-state index is 0.215. The Bertz CT molecular complexity index is 1260. The Labute approximate surface area is 203 Å². The fraction of sp³-hybridized carbons (Fsp3) is 0.103. The fourth-order valence-electron chi connectivity index (χ4n) is 3.69.